The van der Waals surface area contributed by atoms with Crippen LogP contribution in [-0.4, -0.2) is 25.6 Å². The molecule has 3 aliphatic carbocycles. The molecule has 6 heteroatoms. The van der Waals surface area contributed by atoms with Gasteiger partial charge in [-0.05, 0) is 103 Å². The molecule has 0 bridgehead atoms. The van der Waals surface area contributed by atoms with Crippen LogP contribution in [0.5, 0.6) is 17.2 Å². The third kappa shape index (κ3) is 4.56. The number of aryl methyl sites for hydroxylation is 1. The number of ether oxygens (including phenoxy) is 3. The zero-order valence-corrected chi connectivity index (χ0v) is 22.6. The molecule has 4 aliphatic rings. The maximum atomic E-state index is 13.3. The first kappa shape index (κ1) is 25.3. The van der Waals surface area contributed by atoms with Crippen molar-refractivity contribution in [1.82, 2.24) is 5.32 Å². The number of hydrogen-bond donors (Lipinski definition) is 1. The third-order valence-electron chi connectivity index (χ3n) is 9.93. The highest BCUT2D eigenvalue weighted by molar-refractivity contribution is 5.87. The predicted molar refractivity (Wildman–Crippen MR) is 144 cm³/mol. The van der Waals surface area contributed by atoms with Crippen molar-refractivity contribution in [2.75, 3.05) is 13.9 Å². The number of nitrogens with one attached hydrogen (secondary N) is 1. The zero-order valence-electron chi connectivity index (χ0n) is 22.6. The van der Waals surface area contributed by atoms with E-state index < -0.39 is 0 Å². The number of amides is 1. The Morgan fingerprint density at radius 3 is 2.84 bits per heavy atom. The molecule has 1 amide bonds. The molecule has 0 aromatic heterocycles. The number of rotatable bonds is 8. The van der Waals surface area contributed by atoms with Crippen LogP contribution in [0.15, 0.2) is 36.4 Å². The largest absolute Gasteiger partial charge is 0.497 e. The number of carbonyl (C=O) groups is 2. The topological polar surface area (TPSA) is 73.9 Å². The summed E-state index contributed by atoms with van der Waals surface area (Å²) in [5, 5.41) is 3.03. The van der Waals surface area contributed by atoms with Gasteiger partial charge in [0.2, 0.25) is 12.7 Å². The summed E-state index contributed by atoms with van der Waals surface area (Å²) in [6.45, 7) is 2.99. The molecule has 0 radical (unpaired) electrons. The molecule has 1 aliphatic heterocycles. The van der Waals surface area contributed by atoms with E-state index in [0.29, 0.717) is 42.4 Å². The Bertz CT molecular complexity index is 1220. The maximum Gasteiger partial charge on any atom is 0.231 e. The summed E-state index contributed by atoms with van der Waals surface area (Å²) in [4.78, 5) is 25.8. The lowest BCUT2D eigenvalue weighted by molar-refractivity contribution is -0.129. The number of hydrogen-bond acceptors (Lipinski definition) is 5. The van der Waals surface area contributed by atoms with Crippen molar-refractivity contribution in [2.45, 2.75) is 77.2 Å². The molecule has 2 fully saturated rings. The molecule has 6 rings (SSSR count). The molecule has 3 unspecified atom stereocenters. The van der Waals surface area contributed by atoms with Crippen LogP contribution < -0.4 is 19.5 Å². The number of ketones is 1. The minimum absolute atomic E-state index is 0.0760. The lowest BCUT2D eigenvalue weighted by Crippen LogP contribution is -2.44. The summed E-state index contributed by atoms with van der Waals surface area (Å²) in [5.74, 6) is 5.02. The number of carbonyl (C=O) groups excluding carboxylic acids is 2. The normalized spacial score (nSPS) is 28.8. The van der Waals surface area contributed by atoms with E-state index in [2.05, 4.69) is 30.4 Å². The van der Waals surface area contributed by atoms with Crippen molar-refractivity contribution in [1.29, 1.82) is 0 Å². The fourth-order valence-electron chi connectivity index (χ4n) is 8.04. The van der Waals surface area contributed by atoms with E-state index in [1.807, 2.05) is 18.2 Å². The Morgan fingerprint density at radius 2 is 1.97 bits per heavy atom. The standard InChI is InChI=1S/C32H39NO5/c1-32-14-13-25-24-11-9-23(36-2)16-21(24)8-10-26(25)31(32)22(17-29(32)34)5-3-4-6-30(35)33-18-20-7-12-27-28(15-20)38-19-37-27/h7,9,11-12,15-16,22,25-26,31H,3-6,8,10,13-14,17-19H2,1-2H3,(H,33,35)/t22-,25?,26?,31?,32-/m1/s1. The molecule has 1 heterocycles. The second-order valence-corrected chi connectivity index (χ2v) is 12.0. The van der Waals surface area contributed by atoms with Gasteiger partial charge in [-0.3, -0.25) is 9.59 Å². The number of fused-ring (bicyclic) bond motifs is 6. The second-order valence-electron chi connectivity index (χ2n) is 12.0. The Hall–Kier alpha value is -3.02. The van der Waals surface area contributed by atoms with E-state index in [-0.39, 0.29) is 18.1 Å². The SMILES string of the molecule is COc1ccc2c(c1)CCC1C2CC[C@]2(C)C(=O)C[C@@H](CCCCC(=O)NCc3ccc4c(c3)OCO4)C12. The van der Waals surface area contributed by atoms with Crippen LogP contribution in [0.3, 0.4) is 0 Å². The highest BCUT2D eigenvalue weighted by Crippen LogP contribution is 2.62. The Kier molecular flexibility index (Phi) is 6.83. The summed E-state index contributed by atoms with van der Waals surface area (Å²) in [6.07, 6.45) is 8.48. The first-order chi connectivity index (χ1) is 18.5. The van der Waals surface area contributed by atoms with Crippen molar-refractivity contribution in [2.24, 2.45) is 23.2 Å². The van der Waals surface area contributed by atoms with Gasteiger partial charge >= 0.3 is 0 Å². The van der Waals surface area contributed by atoms with Gasteiger partial charge in [-0.15, -0.1) is 0 Å². The molecular weight excluding hydrogens is 478 g/mol. The van der Waals surface area contributed by atoms with E-state index in [0.717, 1.165) is 74.2 Å². The smallest absolute Gasteiger partial charge is 0.231 e. The number of benzene rings is 2. The van der Waals surface area contributed by atoms with Gasteiger partial charge in [0.25, 0.3) is 0 Å². The summed E-state index contributed by atoms with van der Waals surface area (Å²) >= 11 is 0. The van der Waals surface area contributed by atoms with E-state index in [9.17, 15) is 9.59 Å². The minimum Gasteiger partial charge on any atom is -0.497 e. The molecule has 5 atom stereocenters. The summed E-state index contributed by atoms with van der Waals surface area (Å²) in [6, 6.07) is 12.4. The van der Waals surface area contributed by atoms with E-state index in [4.69, 9.17) is 14.2 Å². The van der Waals surface area contributed by atoms with Gasteiger partial charge in [-0.2, -0.15) is 0 Å². The summed E-state index contributed by atoms with van der Waals surface area (Å²) in [7, 11) is 1.73. The van der Waals surface area contributed by atoms with Gasteiger partial charge in [-0.1, -0.05) is 25.5 Å². The van der Waals surface area contributed by atoms with Gasteiger partial charge in [0, 0.05) is 24.8 Å². The Labute approximate surface area is 225 Å². The fraction of sp³-hybridized carbons (Fsp3) is 0.562. The summed E-state index contributed by atoms with van der Waals surface area (Å²) in [5.41, 5.74) is 3.76. The molecule has 38 heavy (non-hydrogen) atoms. The molecular formula is C32H39NO5. The average Bonchev–Trinajstić information content (AvgIpc) is 3.50. The van der Waals surface area contributed by atoms with E-state index in [1.165, 1.54) is 11.1 Å². The molecule has 0 saturated heterocycles. The molecule has 202 valence electrons. The van der Waals surface area contributed by atoms with E-state index >= 15 is 0 Å². The quantitative estimate of drug-likeness (QED) is 0.438. The molecule has 2 saturated carbocycles. The van der Waals surface area contributed by atoms with Crippen LogP contribution in [0.25, 0.3) is 0 Å². The minimum atomic E-state index is -0.169. The van der Waals surface area contributed by atoms with Crippen LogP contribution >= 0.6 is 0 Å². The first-order valence-corrected chi connectivity index (χ1v) is 14.3. The van der Waals surface area contributed by atoms with Crippen LogP contribution in [0, 0.1) is 23.2 Å². The van der Waals surface area contributed by atoms with Gasteiger partial charge in [0.15, 0.2) is 11.5 Å². The second kappa shape index (κ2) is 10.3. The molecule has 6 nitrogen and oxygen atoms in total. The molecule has 1 N–H and O–H groups in total. The highest BCUT2D eigenvalue weighted by Gasteiger charge is 2.58. The van der Waals surface area contributed by atoms with Crippen LogP contribution in [0.2, 0.25) is 0 Å². The molecule has 2 aromatic carbocycles. The van der Waals surface area contributed by atoms with Gasteiger partial charge < -0.3 is 19.5 Å². The van der Waals surface area contributed by atoms with Gasteiger partial charge in [0.05, 0.1) is 7.11 Å². The molecule has 2 aromatic rings. The first-order valence-electron chi connectivity index (χ1n) is 14.3. The zero-order chi connectivity index (χ0) is 26.3. The monoisotopic (exact) mass is 517 g/mol. The van der Waals surface area contributed by atoms with Crippen LogP contribution in [-0.2, 0) is 22.6 Å². The lowest BCUT2D eigenvalue weighted by atomic mass is 9.54. The van der Waals surface area contributed by atoms with Crippen molar-refractivity contribution in [3.05, 3.63) is 53.1 Å². The van der Waals surface area contributed by atoms with Crippen molar-refractivity contribution in [3.8, 4) is 17.2 Å². The van der Waals surface area contributed by atoms with E-state index in [1.54, 1.807) is 7.11 Å². The van der Waals surface area contributed by atoms with Gasteiger partial charge in [0.1, 0.15) is 11.5 Å². The van der Waals surface area contributed by atoms with Crippen molar-refractivity contribution in [3.63, 3.8) is 0 Å². The number of methoxy groups -OCH3 is 1. The van der Waals surface area contributed by atoms with Crippen LogP contribution in [0.4, 0.5) is 0 Å². The lowest BCUT2D eigenvalue weighted by Gasteiger charge is -2.50. The fourth-order valence-corrected chi connectivity index (χ4v) is 8.04. The van der Waals surface area contributed by atoms with Crippen molar-refractivity contribution >= 4 is 11.7 Å². The van der Waals surface area contributed by atoms with Crippen molar-refractivity contribution < 1.29 is 23.8 Å². The number of unbranched alkanes of at least 4 members (excludes halogenated alkanes) is 1. The highest BCUT2D eigenvalue weighted by atomic mass is 16.7. The van der Waals surface area contributed by atoms with Gasteiger partial charge in [-0.25, -0.2) is 0 Å². The number of Topliss-reactive ketones (excluding diaryl/α,β-unsaturated/α-hetero) is 1. The summed E-state index contributed by atoms with van der Waals surface area (Å²) < 4.78 is 16.2. The van der Waals surface area contributed by atoms with Crippen LogP contribution in [0.1, 0.15) is 80.9 Å². The maximum absolute atomic E-state index is 13.3. The Morgan fingerprint density at radius 1 is 1.11 bits per heavy atom. The Balaban J connectivity index is 1.03. The predicted octanol–water partition coefficient (Wildman–Crippen LogP) is 5.95. The average molecular weight is 518 g/mol. The third-order valence-corrected chi connectivity index (χ3v) is 9.93. The molecule has 0 spiro atoms.